The van der Waals surface area contributed by atoms with E-state index in [9.17, 15) is 15.2 Å². The van der Waals surface area contributed by atoms with Gasteiger partial charge in [-0.15, -0.1) is 0 Å². The number of nitriles is 1. The molecule has 1 aromatic carbocycles. The van der Waals surface area contributed by atoms with Gasteiger partial charge in [-0.05, 0) is 31.0 Å². The fraction of sp³-hybridized carbons (Fsp3) is 0.375. The molecule has 118 valence electrons. The average molecular weight is 341 g/mol. The van der Waals surface area contributed by atoms with Gasteiger partial charge in [-0.3, -0.25) is 4.79 Å². The number of nitrogens with one attached hydrogen (secondary N) is 1. The highest BCUT2D eigenvalue weighted by Gasteiger charge is 2.30. The molecule has 0 fully saturated rings. The zero-order valence-electron chi connectivity index (χ0n) is 12.7. The zero-order valence-corrected chi connectivity index (χ0v) is 14.2. The molecule has 1 rings (SSSR count). The van der Waals surface area contributed by atoms with E-state index < -0.39 is 11.3 Å². The van der Waals surface area contributed by atoms with Gasteiger partial charge in [0, 0.05) is 21.1 Å². The highest BCUT2D eigenvalue weighted by Crippen LogP contribution is 2.34. The minimum absolute atomic E-state index is 0.203. The van der Waals surface area contributed by atoms with Crippen LogP contribution in [0.1, 0.15) is 33.6 Å². The van der Waals surface area contributed by atoms with E-state index in [-0.39, 0.29) is 11.3 Å². The van der Waals surface area contributed by atoms with Gasteiger partial charge < -0.3 is 10.4 Å². The summed E-state index contributed by atoms with van der Waals surface area (Å²) in [4.78, 5) is 12.2. The maximum Gasteiger partial charge on any atom is 0.269 e. The number of hydrogen-bond donors (Lipinski definition) is 2. The molecule has 6 heteroatoms. The highest BCUT2D eigenvalue weighted by molar-refractivity contribution is 6.35. The molecule has 0 atom stereocenters. The van der Waals surface area contributed by atoms with Crippen molar-refractivity contribution in [3.63, 3.8) is 0 Å². The van der Waals surface area contributed by atoms with Crippen LogP contribution < -0.4 is 5.32 Å². The molecule has 0 bridgehead atoms. The van der Waals surface area contributed by atoms with E-state index in [0.717, 1.165) is 0 Å². The fourth-order valence-corrected chi connectivity index (χ4v) is 2.44. The van der Waals surface area contributed by atoms with Gasteiger partial charge in [-0.25, -0.2) is 0 Å². The Hall–Kier alpha value is -1.70. The molecule has 0 aliphatic heterocycles. The first-order chi connectivity index (χ1) is 10.3. The summed E-state index contributed by atoms with van der Waals surface area (Å²) in [5, 5.41) is 22.8. The Labute approximate surface area is 140 Å². The van der Waals surface area contributed by atoms with E-state index in [0.29, 0.717) is 28.6 Å². The van der Waals surface area contributed by atoms with E-state index >= 15 is 0 Å². The van der Waals surface area contributed by atoms with Crippen molar-refractivity contribution in [2.45, 2.75) is 33.6 Å². The molecule has 0 spiro atoms. The molecule has 22 heavy (non-hydrogen) atoms. The minimum Gasteiger partial charge on any atom is -0.510 e. The third-order valence-corrected chi connectivity index (χ3v) is 4.26. The van der Waals surface area contributed by atoms with Crippen molar-refractivity contribution < 1.29 is 9.90 Å². The van der Waals surface area contributed by atoms with Crippen LogP contribution in [0, 0.1) is 16.7 Å². The summed E-state index contributed by atoms with van der Waals surface area (Å²) in [6, 6.07) is 6.33. The standard InChI is InChI=1S/C16H18Cl2N2O2/c1-4-16(3,5-2)14(21)13(9-19)15(22)20-12-7-10(17)6-11(18)8-12/h6-8,21H,4-5H2,1-3H3,(H,20,22)/b14-13-. The maximum absolute atomic E-state index is 12.2. The molecule has 4 nitrogen and oxygen atoms in total. The molecule has 0 radical (unpaired) electrons. The van der Waals surface area contributed by atoms with Crippen molar-refractivity contribution in [2.24, 2.45) is 5.41 Å². The lowest BCUT2D eigenvalue weighted by Crippen LogP contribution is -2.24. The number of nitrogens with zero attached hydrogens (tertiary/aromatic N) is 1. The SMILES string of the molecule is CCC(C)(CC)/C(O)=C(\C#N)C(=O)Nc1cc(Cl)cc(Cl)c1. The van der Waals surface area contributed by atoms with Crippen LogP contribution in [0.4, 0.5) is 5.69 Å². The first-order valence-electron chi connectivity index (χ1n) is 6.88. The first kappa shape index (κ1) is 18.3. The molecule has 1 aromatic rings. The van der Waals surface area contributed by atoms with Crippen molar-refractivity contribution in [1.29, 1.82) is 5.26 Å². The molecule has 0 saturated carbocycles. The number of anilines is 1. The average Bonchev–Trinajstić information content (AvgIpc) is 2.45. The molecule has 1 amide bonds. The summed E-state index contributed by atoms with van der Waals surface area (Å²) in [5.41, 5.74) is -0.561. The lowest BCUT2D eigenvalue weighted by atomic mass is 9.80. The predicted molar refractivity (Wildman–Crippen MR) is 89.0 cm³/mol. The van der Waals surface area contributed by atoms with E-state index in [1.165, 1.54) is 18.2 Å². The van der Waals surface area contributed by atoms with Crippen LogP contribution in [-0.2, 0) is 4.79 Å². The zero-order chi connectivity index (χ0) is 16.9. The summed E-state index contributed by atoms with van der Waals surface area (Å²) in [5.74, 6) is -0.892. The second-order valence-corrected chi connectivity index (χ2v) is 6.09. The smallest absolute Gasteiger partial charge is 0.269 e. The van der Waals surface area contributed by atoms with Crippen molar-refractivity contribution >= 4 is 34.8 Å². The Morgan fingerprint density at radius 2 is 1.77 bits per heavy atom. The molecule has 0 saturated heterocycles. The largest absolute Gasteiger partial charge is 0.510 e. The van der Waals surface area contributed by atoms with Gasteiger partial charge in [0.1, 0.15) is 11.8 Å². The third kappa shape index (κ3) is 4.16. The Morgan fingerprint density at radius 3 is 2.18 bits per heavy atom. The second-order valence-electron chi connectivity index (χ2n) is 5.22. The van der Waals surface area contributed by atoms with Gasteiger partial charge in [0.05, 0.1) is 0 Å². The van der Waals surface area contributed by atoms with Gasteiger partial charge in [0.25, 0.3) is 5.91 Å². The summed E-state index contributed by atoms with van der Waals surface area (Å²) in [7, 11) is 0. The lowest BCUT2D eigenvalue weighted by molar-refractivity contribution is -0.112. The number of amides is 1. The molecule has 0 aromatic heterocycles. The monoisotopic (exact) mass is 340 g/mol. The van der Waals surface area contributed by atoms with E-state index in [2.05, 4.69) is 5.32 Å². The number of aliphatic hydroxyl groups is 1. The Bertz CT molecular complexity index is 624. The van der Waals surface area contributed by atoms with Gasteiger partial charge in [-0.2, -0.15) is 5.26 Å². The normalized spacial score (nSPS) is 12.4. The lowest BCUT2D eigenvalue weighted by Gasteiger charge is -2.26. The van der Waals surface area contributed by atoms with Crippen molar-refractivity contribution in [2.75, 3.05) is 5.32 Å². The fourth-order valence-electron chi connectivity index (χ4n) is 1.92. The number of halogens is 2. The van der Waals surface area contributed by atoms with E-state index in [4.69, 9.17) is 23.2 Å². The van der Waals surface area contributed by atoms with Crippen LogP contribution in [0.5, 0.6) is 0 Å². The van der Waals surface area contributed by atoms with Gasteiger partial charge in [0.15, 0.2) is 5.57 Å². The topological polar surface area (TPSA) is 73.1 Å². The van der Waals surface area contributed by atoms with E-state index in [1.807, 2.05) is 20.8 Å². The van der Waals surface area contributed by atoms with Crippen LogP contribution in [0.25, 0.3) is 0 Å². The van der Waals surface area contributed by atoms with Crippen LogP contribution in [0.3, 0.4) is 0 Å². The Kier molecular flexibility index (Phi) is 6.28. The highest BCUT2D eigenvalue weighted by atomic mass is 35.5. The van der Waals surface area contributed by atoms with Crippen LogP contribution >= 0.6 is 23.2 Å². The first-order valence-corrected chi connectivity index (χ1v) is 7.64. The molecule has 0 aliphatic carbocycles. The van der Waals surface area contributed by atoms with Gasteiger partial charge in [-0.1, -0.05) is 44.0 Å². The Morgan fingerprint density at radius 1 is 1.27 bits per heavy atom. The number of carbonyl (C=O) groups is 1. The maximum atomic E-state index is 12.2. The van der Waals surface area contributed by atoms with Gasteiger partial charge in [0.2, 0.25) is 0 Å². The quantitative estimate of drug-likeness (QED) is 0.445. The van der Waals surface area contributed by atoms with Crippen LogP contribution in [0.2, 0.25) is 10.0 Å². The number of rotatable bonds is 5. The van der Waals surface area contributed by atoms with Crippen molar-refractivity contribution in [3.8, 4) is 6.07 Å². The molecule has 0 unspecified atom stereocenters. The summed E-state index contributed by atoms with van der Waals surface area (Å²) in [6.07, 6.45) is 1.22. The van der Waals surface area contributed by atoms with Crippen LogP contribution in [0.15, 0.2) is 29.5 Å². The van der Waals surface area contributed by atoms with E-state index in [1.54, 1.807) is 6.07 Å². The third-order valence-electron chi connectivity index (χ3n) is 3.83. The predicted octanol–water partition coefficient (Wildman–Crippen LogP) is 5.09. The number of aliphatic hydroxyl groups excluding tert-OH is 1. The number of benzene rings is 1. The summed E-state index contributed by atoms with van der Waals surface area (Å²) >= 11 is 11.7. The van der Waals surface area contributed by atoms with Crippen LogP contribution in [-0.4, -0.2) is 11.0 Å². The minimum atomic E-state index is -0.688. The molecule has 0 aliphatic rings. The Balaban J connectivity index is 3.15. The van der Waals surface area contributed by atoms with Crippen molar-refractivity contribution in [1.82, 2.24) is 0 Å². The van der Waals surface area contributed by atoms with Crippen molar-refractivity contribution in [3.05, 3.63) is 39.6 Å². The molecular weight excluding hydrogens is 323 g/mol. The second kappa shape index (κ2) is 7.53. The number of allylic oxidation sites excluding steroid dienone is 1. The molecule has 2 N–H and O–H groups in total. The van der Waals surface area contributed by atoms with Gasteiger partial charge >= 0.3 is 0 Å². The molecular formula is C16H18Cl2N2O2. The summed E-state index contributed by atoms with van der Waals surface area (Å²) < 4.78 is 0. The summed E-state index contributed by atoms with van der Waals surface area (Å²) in [6.45, 7) is 5.59. The molecule has 0 heterocycles. The number of hydrogen-bond acceptors (Lipinski definition) is 3. The number of carbonyl (C=O) groups excluding carboxylic acids is 1.